The predicted molar refractivity (Wildman–Crippen MR) is 260 cm³/mol. The number of likely N-dealkylation sites (tertiary alicyclic amines) is 1. The summed E-state index contributed by atoms with van der Waals surface area (Å²) in [5.41, 5.74) is 0.134. The topological polar surface area (TPSA) is 188 Å². The Hall–Kier alpha value is -3.85. The number of ketones is 1. The van der Waals surface area contributed by atoms with Gasteiger partial charge in [-0.1, -0.05) is 77.8 Å². The molecule has 1 aromatic carbocycles. The number of aliphatic imine (C=N–C) groups is 1. The molecule has 0 saturated carbocycles. The number of nitrogens with one attached hydrogen (secondary N) is 1. The van der Waals surface area contributed by atoms with Gasteiger partial charge < -0.3 is 44.0 Å². The first-order chi connectivity index (χ1) is 30.8. The number of benzene rings is 1. The molecule has 1 aromatic rings. The Kier molecular flexibility index (Phi) is 24.0. The van der Waals surface area contributed by atoms with Gasteiger partial charge in [0.2, 0.25) is 25.1 Å². The molecule has 3 amide bonds. The Morgan fingerprint density at radius 3 is 2.06 bits per heavy atom. The fraction of sp³-hybridized carbons (Fsp3) is 0.755. The standard InChI is InChI=1S/C49H85N6O10P/c1-16-34(4)44(54(13)47(60)43(33(2)3)51-48(52(9)10)53(11)12)39(63-14)31-41(57)55-29-23-27-38(55)45(64-15)35(5)46(59)50-40(30-36-24-19-17-20-25-36)66(61,62)32-37(56)26-21-18-22-28-42(58)65-49(6,7)8/h17,19-20,24-25,33-35,38-40,43-45H,16,18,21-23,26-32H2,1-15H3,(H,50,59)(H,61,62)/t34-,35+,38-,39+,40+,43-,44-,45+/m0/s1. The number of guanidine groups is 1. The van der Waals surface area contributed by atoms with Crippen molar-refractivity contribution in [2.45, 2.75) is 161 Å². The number of unbranched alkanes of at least 4 members (excludes halogenated alkanes) is 2. The highest BCUT2D eigenvalue weighted by Crippen LogP contribution is 2.47. The van der Waals surface area contributed by atoms with Crippen molar-refractivity contribution in [3.8, 4) is 0 Å². The highest BCUT2D eigenvalue weighted by molar-refractivity contribution is 7.59. The highest BCUT2D eigenvalue weighted by Gasteiger charge is 2.44. The number of nitrogens with zero attached hydrogens (tertiary/aromatic N) is 5. The van der Waals surface area contributed by atoms with Gasteiger partial charge in [0.15, 0.2) is 5.96 Å². The molecule has 1 unspecified atom stereocenters. The van der Waals surface area contributed by atoms with Crippen LogP contribution in [0.4, 0.5) is 0 Å². The summed E-state index contributed by atoms with van der Waals surface area (Å²) in [5, 5.41) is 2.83. The third-order valence-corrected chi connectivity index (χ3v) is 14.5. The maximum Gasteiger partial charge on any atom is 0.306 e. The Morgan fingerprint density at radius 2 is 1.53 bits per heavy atom. The van der Waals surface area contributed by atoms with Crippen molar-refractivity contribution in [3.63, 3.8) is 0 Å². The largest absolute Gasteiger partial charge is 0.460 e. The number of carbonyl (C=O) groups excluding carboxylic acids is 5. The number of carbonyl (C=O) groups is 5. The van der Waals surface area contributed by atoms with Crippen LogP contribution in [0, 0.1) is 17.8 Å². The van der Waals surface area contributed by atoms with Crippen LogP contribution >= 0.6 is 7.37 Å². The van der Waals surface area contributed by atoms with Crippen LogP contribution in [-0.2, 0) is 49.2 Å². The summed E-state index contributed by atoms with van der Waals surface area (Å²) in [6.45, 7) is 15.5. The average molecular weight is 949 g/mol. The van der Waals surface area contributed by atoms with E-state index in [4.69, 9.17) is 19.2 Å². The molecule has 1 aliphatic heterocycles. The second-order valence-corrected chi connectivity index (χ2v) is 22.3. The van der Waals surface area contributed by atoms with Crippen molar-refractivity contribution in [2.24, 2.45) is 22.7 Å². The van der Waals surface area contributed by atoms with Crippen LogP contribution in [-0.4, -0.2) is 164 Å². The van der Waals surface area contributed by atoms with Gasteiger partial charge in [0.25, 0.3) is 0 Å². The van der Waals surface area contributed by atoms with Crippen LogP contribution in [0.3, 0.4) is 0 Å². The molecular formula is C49H85N6O10P. The lowest BCUT2D eigenvalue weighted by atomic mass is 9.89. The highest BCUT2D eigenvalue weighted by atomic mass is 31.2. The van der Waals surface area contributed by atoms with Crippen LogP contribution < -0.4 is 5.32 Å². The van der Waals surface area contributed by atoms with Crippen LogP contribution in [0.5, 0.6) is 0 Å². The summed E-state index contributed by atoms with van der Waals surface area (Å²) < 4.78 is 31.5. The summed E-state index contributed by atoms with van der Waals surface area (Å²) in [4.78, 5) is 91.7. The van der Waals surface area contributed by atoms with Gasteiger partial charge in [0.05, 0.1) is 42.8 Å². The first-order valence-corrected chi connectivity index (χ1v) is 25.6. The Balaban J connectivity index is 2.29. The van der Waals surface area contributed by atoms with Gasteiger partial charge in [-0.05, 0) is 63.9 Å². The summed E-state index contributed by atoms with van der Waals surface area (Å²) in [7, 11) is 8.04. The van der Waals surface area contributed by atoms with Crippen molar-refractivity contribution in [1.82, 2.24) is 24.9 Å². The zero-order chi connectivity index (χ0) is 50.1. The smallest absolute Gasteiger partial charge is 0.306 e. The second kappa shape index (κ2) is 27.2. The molecule has 16 nitrogen and oxygen atoms in total. The van der Waals surface area contributed by atoms with Crippen molar-refractivity contribution >= 4 is 42.8 Å². The number of amides is 3. The molecule has 2 N–H and O–H groups in total. The van der Waals surface area contributed by atoms with E-state index in [1.165, 1.54) is 7.11 Å². The molecule has 9 atom stereocenters. The van der Waals surface area contributed by atoms with Gasteiger partial charge in [0.1, 0.15) is 23.2 Å². The average Bonchev–Trinajstić information content (AvgIpc) is 3.72. The predicted octanol–water partition coefficient (Wildman–Crippen LogP) is 6.23. The van der Waals surface area contributed by atoms with E-state index in [-0.39, 0.29) is 55.3 Å². The first kappa shape index (κ1) is 58.3. The normalized spacial score (nSPS) is 18.2. The molecule has 66 heavy (non-hydrogen) atoms. The zero-order valence-corrected chi connectivity index (χ0v) is 43.8. The van der Waals surface area contributed by atoms with E-state index in [0.29, 0.717) is 50.2 Å². The summed E-state index contributed by atoms with van der Waals surface area (Å²) in [5.74, 6) is -3.20. The van der Waals surface area contributed by atoms with E-state index >= 15 is 0 Å². The molecule has 17 heteroatoms. The monoisotopic (exact) mass is 949 g/mol. The number of ether oxygens (including phenoxy) is 3. The van der Waals surface area contributed by atoms with Crippen LogP contribution in [0.2, 0.25) is 0 Å². The van der Waals surface area contributed by atoms with Gasteiger partial charge in [-0.3, -0.25) is 28.5 Å². The number of likely N-dealkylation sites (N-methyl/N-ethyl adjacent to an activating group) is 1. The van der Waals surface area contributed by atoms with E-state index < -0.39 is 72.9 Å². The van der Waals surface area contributed by atoms with Gasteiger partial charge in [-0.25, -0.2) is 4.99 Å². The first-order valence-electron chi connectivity index (χ1n) is 23.7. The quantitative estimate of drug-likeness (QED) is 0.0351. The summed E-state index contributed by atoms with van der Waals surface area (Å²) in [6.07, 6.45) is 1.79. The maximum atomic E-state index is 14.4. The molecule has 0 bridgehead atoms. The lowest BCUT2D eigenvalue weighted by Gasteiger charge is -2.40. The third kappa shape index (κ3) is 18.0. The molecule has 1 aliphatic rings. The van der Waals surface area contributed by atoms with Crippen LogP contribution in [0.1, 0.15) is 119 Å². The molecule has 0 aliphatic carbocycles. The molecule has 0 aromatic heterocycles. The number of methoxy groups -OCH3 is 2. The lowest BCUT2D eigenvalue weighted by molar-refractivity contribution is -0.155. The molecule has 1 fully saturated rings. The number of esters is 1. The number of hydrogen-bond donors (Lipinski definition) is 2. The molecule has 2 rings (SSSR count). The van der Waals surface area contributed by atoms with Crippen LogP contribution in [0.25, 0.3) is 0 Å². The van der Waals surface area contributed by atoms with E-state index in [1.54, 1.807) is 75.9 Å². The van der Waals surface area contributed by atoms with Gasteiger partial charge >= 0.3 is 5.97 Å². The van der Waals surface area contributed by atoms with Crippen molar-refractivity contribution in [2.75, 3.05) is 62.2 Å². The summed E-state index contributed by atoms with van der Waals surface area (Å²) >= 11 is 0. The Morgan fingerprint density at radius 1 is 0.924 bits per heavy atom. The zero-order valence-electron chi connectivity index (χ0n) is 42.9. The fourth-order valence-corrected chi connectivity index (χ4v) is 10.5. The number of hydrogen-bond acceptors (Lipinski definition) is 10. The van der Waals surface area contributed by atoms with E-state index in [0.717, 1.165) is 6.42 Å². The Bertz CT molecular complexity index is 1780. The van der Waals surface area contributed by atoms with Gasteiger partial charge in [-0.15, -0.1) is 0 Å². The van der Waals surface area contributed by atoms with Gasteiger partial charge in [0, 0.05) is 75.3 Å². The minimum atomic E-state index is -4.30. The SMILES string of the molecule is CC[C@H](C)[C@@H]([C@@H](CC(=O)N1CCC[C@H]1[C@H](OC)[C@@H](C)C(=O)N[C@@H](Cc1ccccc1)P(=O)(O)CC(=O)CCCCCC(=O)OC(C)(C)C)OC)N(C)C(=O)[C@@H](N=C(N(C)C)N(C)C)C(C)C. The molecule has 0 radical (unpaired) electrons. The maximum absolute atomic E-state index is 14.4. The van der Waals surface area contributed by atoms with E-state index in [1.807, 2.05) is 71.8 Å². The fourth-order valence-electron chi connectivity index (χ4n) is 8.79. The third-order valence-electron chi connectivity index (χ3n) is 12.4. The van der Waals surface area contributed by atoms with Crippen LogP contribution in [0.15, 0.2) is 35.3 Å². The molecule has 376 valence electrons. The van der Waals surface area contributed by atoms with Crippen molar-refractivity contribution in [1.29, 1.82) is 0 Å². The van der Waals surface area contributed by atoms with Crippen molar-refractivity contribution < 1.29 is 47.6 Å². The number of rotatable bonds is 26. The number of Topliss-reactive ketones (excluding diaryl/α,β-unsaturated/α-hetero) is 1. The van der Waals surface area contributed by atoms with Crippen molar-refractivity contribution in [3.05, 3.63) is 35.9 Å². The second-order valence-electron chi connectivity index (χ2n) is 19.8. The van der Waals surface area contributed by atoms with Gasteiger partial charge in [-0.2, -0.15) is 0 Å². The van der Waals surface area contributed by atoms with E-state index in [9.17, 15) is 33.4 Å². The molecular weight excluding hydrogens is 864 g/mol. The Labute approximate surface area is 396 Å². The minimum Gasteiger partial charge on any atom is -0.460 e. The molecule has 1 saturated heterocycles. The lowest BCUT2D eigenvalue weighted by Crippen LogP contribution is -2.55. The summed E-state index contributed by atoms with van der Waals surface area (Å²) in [6, 6.07) is 7.41. The molecule has 0 spiro atoms. The minimum absolute atomic E-state index is 0.0164. The molecule has 1 heterocycles. The van der Waals surface area contributed by atoms with E-state index in [2.05, 4.69) is 5.32 Å².